The third kappa shape index (κ3) is 3.11. The van der Waals surface area contributed by atoms with Gasteiger partial charge in [-0.1, -0.05) is 64.4 Å². The first-order valence-corrected chi connectivity index (χ1v) is 11.3. The van der Waals surface area contributed by atoms with Crippen molar-refractivity contribution in [3.05, 3.63) is 77.4 Å². The van der Waals surface area contributed by atoms with Gasteiger partial charge in [0.05, 0.1) is 16.3 Å². The Bertz CT molecular complexity index is 1610. The summed E-state index contributed by atoms with van der Waals surface area (Å²) in [4.78, 5) is 8.81. The van der Waals surface area contributed by atoms with Gasteiger partial charge in [0.25, 0.3) is 0 Å². The van der Waals surface area contributed by atoms with Crippen molar-refractivity contribution in [2.24, 2.45) is 0 Å². The van der Waals surface area contributed by atoms with Crippen LogP contribution in [0.5, 0.6) is 0 Å². The SMILES string of the molecule is Cc1ccc(-c2noc(CSc3nnc4c5ccncc5c5c(Cl)cccc5n34)n2)cc1. The van der Waals surface area contributed by atoms with E-state index in [9.17, 15) is 0 Å². The van der Waals surface area contributed by atoms with Gasteiger partial charge in [-0.2, -0.15) is 4.98 Å². The van der Waals surface area contributed by atoms with Crippen LogP contribution in [-0.2, 0) is 5.75 Å². The highest BCUT2D eigenvalue weighted by Gasteiger charge is 2.17. The van der Waals surface area contributed by atoms with Crippen molar-refractivity contribution in [2.75, 3.05) is 0 Å². The Labute approximate surface area is 191 Å². The van der Waals surface area contributed by atoms with Crippen LogP contribution in [0.15, 0.2) is 70.6 Å². The smallest absolute Gasteiger partial charge is 0.237 e. The molecule has 6 aromatic rings. The lowest BCUT2D eigenvalue weighted by Gasteiger charge is -2.09. The van der Waals surface area contributed by atoms with Crippen LogP contribution in [0.1, 0.15) is 11.5 Å². The Hall–Kier alpha value is -3.49. The van der Waals surface area contributed by atoms with Crippen molar-refractivity contribution < 1.29 is 4.52 Å². The molecule has 7 nitrogen and oxygen atoms in total. The molecule has 156 valence electrons. The highest BCUT2D eigenvalue weighted by atomic mass is 35.5. The molecule has 0 saturated carbocycles. The maximum atomic E-state index is 6.58. The number of fused-ring (bicyclic) bond motifs is 6. The third-order valence-corrected chi connectivity index (χ3v) is 6.53. The molecular weight excluding hydrogens is 444 g/mol. The zero-order valence-corrected chi connectivity index (χ0v) is 18.4. The zero-order valence-electron chi connectivity index (χ0n) is 16.9. The van der Waals surface area contributed by atoms with E-state index in [0.717, 1.165) is 38.0 Å². The molecule has 9 heteroatoms. The number of halogens is 1. The number of pyridine rings is 2. The molecule has 32 heavy (non-hydrogen) atoms. The molecule has 0 atom stereocenters. The number of thioether (sulfide) groups is 1. The molecule has 4 heterocycles. The fourth-order valence-electron chi connectivity index (χ4n) is 3.77. The van der Waals surface area contributed by atoms with Gasteiger partial charge in [-0.25, -0.2) is 0 Å². The summed E-state index contributed by atoms with van der Waals surface area (Å²) in [6.07, 6.45) is 3.56. The van der Waals surface area contributed by atoms with E-state index in [4.69, 9.17) is 16.1 Å². The molecule has 6 rings (SSSR count). The van der Waals surface area contributed by atoms with Gasteiger partial charge in [0.1, 0.15) is 0 Å². The molecule has 0 radical (unpaired) electrons. The van der Waals surface area contributed by atoms with Gasteiger partial charge in [0.2, 0.25) is 11.7 Å². The highest BCUT2D eigenvalue weighted by Crippen LogP contribution is 2.35. The summed E-state index contributed by atoms with van der Waals surface area (Å²) in [6, 6.07) is 15.8. The minimum atomic E-state index is 0.468. The summed E-state index contributed by atoms with van der Waals surface area (Å²) in [5, 5.41) is 17.2. The fourth-order valence-corrected chi connectivity index (χ4v) is 4.82. The summed E-state index contributed by atoms with van der Waals surface area (Å²) in [5.74, 6) is 1.56. The molecule has 0 bridgehead atoms. The normalized spacial score (nSPS) is 11.7. The predicted octanol–water partition coefficient (Wildman–Crippen LogP) is 5.73. The number of aryl methyl sites for hydroxylation is 1. The Morgan fingerprint density at radius 1 is 1.03 bits per heavy atom. The van der Waals surface area contributed by atoms with E-state index in [1.54, 1.807) is 6.20 Å². The lowest BCUT2D eigenvalue weighted by molar-refractivity contribution is 0.391. The van der Waals surface area contributed by atoms with Crippen LogP contribution in [0, 0.1) is 6.92 Å². The first-order chi connectivity index (χ1) is 15.7. The van der Waals surface area contributed by atoms with Crippen molar-refractivity contribution in [1.82, 2.24) is 29.7 Å². The first kappa shape index (κ1) is 19.2. The lowest BCUT2D eigenvalue weighted by atomic mass is 10.1. The number of hydrogen-bond donors (Lipinski definition) is 0. The predicted molar refractivity (Wildman–Crippen MR) is 125 cm³/mol. The second kappa shape index (κ2) is 7.58. The van der Waals surface area contributed by atoms with Crippen LogP contribution in [0.4, 0.5) is 0 Å². The molecule has 0 N–H and O–H groups in total. The summed E-state index contributed by atoms with van der Waals surface area (Å²) < 4.78 is 7.49. The summed E-state index contributed by atoms with van der Waals surface area (Å²) in [5.41, 5.74) is 3.78. The molecule has 4 aromatic heterocycles. The van der Waals surface area contributed by atoms with Crippen LogP contribution in [-0.4, -0.2) is 29.7 Å². The van der Waals surface area contributed by atoms with Crippen LogP contribution in [0.2, 0.25) is 5.02 Å². The van der Waals surface area contributed by atoms with Crippen molar-refractivity contribution >= 4 is 50.7 Å². The molecule has 0 spiro atoms. The van der Waals surface area contributed by atoms with Gasteiger partial charge in [-0.15, -0.1) is 10.2 Å². The standard InChI is InChI=1S/C23H15ClN6OS/c1-13-5-7-14(8-6-13)21-26-19(31-29-21)12-32-23-28-27-22-15-9-10-25-11-16(15)20-17(24)3-2-4-18(20)30(22)23/h2-11H,12H2,1H3. The molecule has 0 aliphatic rings. The highest BCUT2D eigenvalue weighted by molar-refractivity contribution is 7.98. The van der Waals surface area contributed by atoms with Crippen molar-refractivity contribution in [1.29, 1.82) is 0 Å². The minimum absolute atomic E-state index is 0.468. The Kier molecular flexibility index (Phi) is 4.55. The summed E-state index contributed by atoms with van der Waals surface area (Å²) in [6.45, 7) is 2.04. The summed E-state index contributed by atoms with van der Waals surface area (Å²) >= 11 is 8.06. The second-order valence-electron chi connectivity index (χ2n) is 7.36. The number of hydrogen-bond acceptors (Lipinski definition) is 7. The van der Waals surface area contributed by atoms with E-state index in [-0.39, 0.29) is 0 Å². The number of nitrogens with zero attached hydrogens (tertiary/aromatic N) is 6. The third-order valence-electron chi connectivity index (χ3n) is 5.30. The van der Waals surface area contributed by atoms with Crippen molar-refractivity contribution in [2.45, 2.75) is 17.8 Å². The largest absolute Gasteiger partial charge is 0.338 e. The van der Waals surface area contributed by atoms with Gasteiger partial charge < -0.3 is 4.52 Å². The van der Waals surface area contributed by atoms with Crippen LogP contribution in [0.3, 0.4) is 0 Å². The van der Waals surface area contributed by atoms with Gasteiger partial charge in [-0.05, 0) is 25.1 Å². The number of aromatic nitrogens is 6. The maximum Gasteiger partial charge on any atom is 0.237 e. The van der Waals surface area contributed by atoms with Crippen LogP contribution < -0.4 is 0 Å². The number of benzene rings is 2. The van der Waals surface area contributed by atoms with E-state index in [2.05, 4.69) is 25.3 Å². The first-order valence-electron chi connectivity index (χ1n) is 9.90. The maximum absolute atomic E-state index is 6.58. The number of rotatable bonds is 4. The van der Waals surface area contributed by atoms with E-state index >= 15 is 0 Å². The molecule has 0 unspecified atom stereocenters. The lowest BCUT2D eigenvalue weighted by Crippen LogP contribution is -1.94. The molecule has 0 saturated heterocycles. The van der Waals surface area contributed by atoms with Crippen molar-refractivity contribution in [3.8, 4) is 11.4 Å². The second-order valence-corrected chi connectivity index (χ2v) is 8.71. The monoisotopic (exact) mass is 458 g/mol. The Balaban J connectivity index is 1.40. The quantitative estimate of drug-likeness (QED) is 0.246. The van der Waals surface area contributed by atoms with Gasteiger partial charge in [0.15, 0.2) is 10.8 Å². The van der Waals surface area contributed by atoms with Crippen molar-refractivity contribution in [3.63, 3.8) is 0 Å². The van der Waals surface area contributed by atoms with Crippen LogP contribution >= 0.6 is 23.4 Å². The average molecular weight is 459 g/mol. The Morgan fingerprint density at radius 2 is 1.91 bits per heavy atom. The minimum Gasteiger partial charge on any atom is -0.338 e. The van der Waals surface area contributed by atoms with E-state index in [1.165, 1.54) is 17.3 Å². The molecule has 0 aliphatic heterocycles. The molecule has 0 fully saturated rings. The van der Waals surface area contributed by atoms with Crippen LogP contribution in [0.25, 0.3) is 38.7 Å². The fraction of sp³-hybridized carbons (Fsp3) is 0.0870. The van der Waals surface area contributed by atoms with E-state index in [1.807, 2.05) is 66.1 Å². The van der Waals surface area contributed by atoms with Gasteiger partial charge >= 0.3 is 0 Å². The van der Waals surface area contributed by atoms with Gasteiger partial charge in [0, 0.05) is 34.1 Å². The average Bonchev–Trinajstić information content (AvgIpc) is 3.46. The Morgan fingerprint density at radius 3 is 2.78 bits per heavy atom. The zero-order chi connectivity index (χ0) is 21.7. The molecule has 0 aliphatic carbocycles. The van der Waals surface area contributed by atoms with E-state index in [0.29, 0.717) is 22.5 Å². The molecular formula is C23H15ClN6OS. The summed E-state index contributed by atoms with van der Waals surface area (Å²) in [7, 11) is 0. The molecule has 2 aromatic carbocycles. The van der Waals surface area contributed by atoms with Gasteiger partial charge in [-0.3, -0.25) is 9.38 Å². The topological polar surface area (TPSA) is 82.0 Å². The molecule has 0 amide bonds. The van der Waals surface area contributed by atoms with E-state index < -0.39 is 0 Å².